The number of hydrogen-bond acceptors (Lipinski definition) is 2. The van der Waals surface area contributed by atoms with Crippen LogP contribution in [0, 0.1) is 0 Å². The van der Waals surface area contributed by atoms with E-state index in [1.54, 1.807) is 6.08 Å². The van der Waals surface area contributed by atoms with Crippen molar-refractivity contribution in [2.24, 2.45) is 0 Å². The molecule has 0 amide bonds. The van der Waals surface area contributed by atoms with Gasteiger partial charge in [-0.25, -0.2) is 0 Å². The molecule has 0 radical (unpaired) electrons. The van der Waals surface area contributed by atoms with Crippen molar-refractivity contribution >= 4 is 24.2 Å². The van der Waals surface area contributed by atoms with Gasteiger partial charge in [-0.15, -0.1) is 0 Å². The molecule has 0 spiro atoms. The van der Waals surface area contributed by atoms with Gasteiger partial charge in [0.25, 0.3) is 0 Å². The minimum atomic E-state index is -1.61. The smallest absolute Gasteiger partial charge is 0.191 e. The maximum Gasteiger partial charge on any atom is 0.191 e. The third kappa shape index (κ3) is 5.85. The Morgan fingerprint density at radius 2 is 1.93 bits per heavy atom. The maximum absolute atomic E-state index is 8.69. The molecule has 0 bridgehead atoms. The molecule has 0 atom stereocenters. The van der Waals surface area contributed by atoms with Crippen LogP contribution in [-0.4, -0.2) is 26.6 Å². The number of aliphatic hydroxyl groups is 1. The quantitative estimate of drug-likeness (QED) is 0.784. The molecule has 0 rings (SSSR count). The second-order valence-corrected chi connectivity index (χ2v) is 11.0. The van der Waals surface area contributed by atoms with Crippen molar-refractivity contribution < 1.29 is 9.53 Å². The fraction of sp³-hybridized carbons (Fsp3) is 0.818. The van der Waals surface area contributed by atoms with Crippen LogP contribution in [0.3, 0.4) is 0 Å². The van der Waals surface area contributed by atoms with Crippen molar-refractivity contribution in [3.63, 3.8) is 0 Å². The van der Waals surface area contributed by atoms with E-state index in [1.165, 1.54) is 0 Å². The van der Waals surface area contributed by atoms with Crippen LogP contribution in [0.25, 0.3) is 0 Å². The van der Waals surface area contributed by atoms with E-state index >= 15 is 0 Å². The van der Waals surface area contributed by atoms with Crippen molar-refractivity contribution in [2.75, 3.05) is 13.2 Å². The van der Waals surface area contributed by atoms with Gasteiger partial charge in [0.2, 0.25) is 0 Å². The highest BCUT2D eigenvalue weighted by Gasteiger charge is 2.36. The molecule has 0 fully saturated rings. The first-order chi connectivity index (χ1) is 6.70. The largest absolute Gasteiger partial charge is 0.416 e. The van der Waals surface area contributed by atoms with Gasteiger partial charge >= 0.3 is 0 Å². The van der Waals surface area contributed by atoms with Crippen molar-refractivity contribution in [3.05, 3.63) is 10.6 Å². The van der Waals surface area contributed by atoms with E-state index in [9.17, 15) is 0 Å². The summed E-state index contributed by atoms with van der Waals surface area (Å²) in [5.74, 6) is 0. The van der Waals surface area contributed by atoms with Crippen LogP contribution in [0.2, 0.25) is 18.1 Å². The molecular weight excluding hydrogens is 272 g/mol. The molecule has 0 unspecified atom stereocenters. The maximum atomic E-state index is 8.69. The Kier molecular flexibility index (Phi) is 6.33. The van der Waals surface area contributed by atoms with Gasteiger partial charge in [-0.2, -0.15) is 0 Å². The average Bonchev–Trinajstić information content (AvgIpc) is 2.01. The molecule has 90 valence electrons. The Morgan fingerprint density at radius 1 is 1.40 bits per heavy atom. The normalized spacial score (nSPS) is 14.5. The Balaban J connectivity index is 4.01. The first kappa shape index (κ1) is 15.4. The third-order valence-electron chi connectivity index (χ3n) is 2.92. The van der Waals surface area contributed by atoms with Gasteiger partial charge in [-0.05, 0) is 28.7 Å². The number of hydrogen-bond donors (Lipinski definition) is 1. The summed E-state index contributed by atoms with van der Waals surface area (Å²) in [6, 6.07) is 0. The monoisotopic (exact) mass is 294 g/mol. The van der Waals surface area contributed by atoms with Crippen LogP contribution in [0.4, 0.5) is 0 Å². The molecule has 1 N–H and O–H groups in total. The highest BCUT2D eigenvalue weighted by atomic mass is 79.9. The van der Waals surface area contributed by atoms with Crippen LogP contribution < -0.4 is 0 Å². The minimum absolute atomic E-state index is 0.0840. The second-order valence-electron chi connectivity index (χ2n) is 5.19. The predicted octanol–water partition coefficient (Wildman–Crippen LogP) is 3.67. The van der Waals surface area contributed by atoms with Crippen molar-refractivity contribution in [1.82, 2.24) is 0 Å². The van der Waals surface area contributed by atoms with E-state index in [0.717, 1.165) is 17.5 Å². The van der Waals surface area contributed by atoms with Crippen LogP contribution in [0.15, 0.2) is 10.6 Å². The SMILES string of the molecule is CC(C)(C)[Si](C)(C)OCC/C(Br)=C\CO. The Hall–Kier alpha value is 0.357. The Labute approximate surface area is 103 Å². The average molecular weight is 295 g/mol. The third-order valence-corrected chi connectivity index (χ3v) is 8.18. The summed E-state index contributed by atoms with van der Waals surface area (Å²) in [7, 11) is -1.61. The van der Waals surface area contributed by atoms with Gasteiger partial charge in [-0.3, -0.25) is 0 Å². The molecule has 0 aliphatic heterocycles. The van der Waals surface area contributed by atoms with Crippen LogP contribution >= 0.6 is 15.9 Å². The summed E-state index contributed by atoms with van der Waals surface area (Å²) in [5.41, 5.74) is 0. The summed E-state index contributed by atoms with van der Waals surface area (Å²) in [4.78, 5) is 0. The predicted molar refractivity (Wildman–Crippen MR) is 71.9 cm³/mol. The van der Waals surface area contributed by atoms with E-state index in [1.807, 2.05) is 0 Å². The lowest BCUT2D eigenvalue weighted by Gasteiger charge is -2.36. The zero-order valence-electron chi connectivity index (χ0n) is 10.4. The van der Waals surface area contributed by atoms with Crippen LogP contribution in [-0.2, 0) is 4.43 Å². The minimum Gasteiger partial charge on any atom is -0.416 e. The van der Waals surface area contributed by atoms with Gasteiger partial charge in [0.1, 0.15) is 0 Å². The Morgan fingerprint density at radius 3 is 2.33 bits per heavy atom. The lowest BCUT2D eigenvalue weighted by Crippen LogP contribution is -2.40. The fourth-order valence-electron chi connectivity index (χ4n) is 0.821. The standard InChI is InChI=1S/C11H23BrO2Si/c1-11(2,3)15(4,5)14-9-7-10(12)6-8-13/h6,13H,7-9H2,1-5H3/b10-6+. The van der Waals surface area contributed by atoms with Gasteiger partial charge in [0.05, 0.1) is 6.61 Å². The van der Waals surface area contributed by atoms with E-state index in [4.69, 9.17) is 9.53 Å². The van der Waals surface area contributed by atoms with Crippen LogP contribution in [0.1, 0.15) is 27.2 Å². The van der Waals surface area contributed by atoms with E-state index in [0.29, 0.717) is 0 Å². The molecule has 0 aliphatic carbocycles. The molecule has 0 aromatic heterocycles. The summed E-state index contributed by atoms with van der Waals surface area (Å²) in [5, 5.41) is 8.95. The zero-order valence-corrected chi connectivity index (χ0v) is 13.0. The highest BCUT2D eigenvalue weighted by Crippen LogP contribution is 2.36. The second kappa shape index (κ2) is 6.18. The molecule has 15 heavy (non-hydrogen) atoms. The van der Waals surface area contributed by atoms with Gasteiger partial charge in [-0.1, -0.05) is 36.7 Å². The molecule has 4 heteroatoms. The first-order valence-corrected chi connectivity index (χ1v) is 9.00. The van der Waals surface area contributed by atoms with Crippen molar-refractivity contribution in [1.29, 1.82) is 0 Å². The fourth-order valence-corrected chi connectivity index (χ4v) is 2.17. The molecule has 0 saturated heterocycles. The summed E-state index contributed by atoms with van der Waals surface area (Å²) >= 11 is 3.39. The summed E-state index contributed by atoms with van der Waals surface area (Å²) < 4.78 is 7.01. The number of halogens is 1. The van der Waals surface area contributed by atoms with Gasteiger partial charge in [0, 0.05) is 13.0 Å². The Bertz CT molecular complexity index is 219. The molecule has 2 nitrogen and oxygen atoms in total. The van der Waals surface area contributed by atoms with Crippen molar-refractivity contribution in [3.8, 4) is 0 Å². The first-order valence-electron chi connectivity index (χ1n) is 5.30. The molecule has 0 heterocycles. The lowest BCUT2D eigenvalue weighted by atomic mass is 10.2. The lowest BCUT2D eigenvalue weighted by molar-refractivity contribution is 0.293. The molecule has 0 aromatic carbocycles. The molecule has 0 saturated carbocycles. The van der Waals surface area contributed by atoms with Crippen molar-refractivity contribution in [2.45, 2.75) is 45.3 Å². The van der Waals surface area contributed by atoms with Gasteiger partial charge in [0.15, 0.2) is 8.32 Å². The zero-order chi connectivity index (χ0) is 12.1. The summed E-state index contributed by atoms with van der Waals surface area (Å²) in [6.45, 7) is 12.0. The summed E-state index contributed by atoms with van der Waals surface area (Å²) in [6.07, 6.45) is 2.60. The molecule has 0 aliphatic rings. The van der Waals surface area contributed by atoms with E-state index in [2.05, 4.69) is 49.8 Å². The van der Waals surface area contributed by atoms with Crippen LogP contribution in [0.5, 0.6) is 0 Å². The number of aliphatic hydroxyl groups excluding tert-OH is 1. The molecule has 0 aromatic rings. The number of rotatable bonds is 5. The van der Waals surface area contributed by atoms with E-state index < -0.39 is 8.32 Å². The van der Waals surface area contributed by atoms with Gasteiger partial charge < -0.3 is 9.53 Å². The topological polar surface area (TPSA) is 29.5 Å². The van der Waals surface area contributed by atoms with E-state index in [-0.39, 0.29) is 11.6 Å². The highest BCUT2D eigenvalue weighted by molar-refractivity contribution is 9.11. The molecular formula is C11H23BrO2Si.